The number of nitrogens with two attached hydrogens (primary N) is 1. The normalized spacial score (nSPS) is 10.3. The van der Waals surface area contributed by atoms with Crippen LogP contribution in [0.3, 0.4) is 0 Å². The van der Waals surface area contributed by atoms with E-state index in [9.17, 15) is 14.9 Å². The average Bonchev–Trinajstić information content (AvgIpc) is 2.35. The number of carbonyl (C=O) groups is 1. The molecule has 0 bridgehead atoms. The zero-order valence-electron chi connectivity index (χ0n) is 10.9. The van der Waals surface area contributed by atoms with E-state index in [1.807, 2.05) is 13.8 Å². The third-order valence-electron chi connectivity index (χ3n) is 2.26. The van der Waals surface area contributed by atoms with Gasteiger partial charge in [0.2, 0.25) is 0 Å². The van der Waals surface area contributed by atoms with Crippen molar-refractivity contribution in [1.29, 1.82) is 0 Å². The molecule has 0 aliphatic heterocycles. The lowest BCUT2D eigenvalue weighted by Gasteiger charge is -2.10. The Hall–Kier alpha value is -2.15. The molecule has 0 aromatic heterocycles. The van der Waals surface area contributed by atoms with Gasteiger partial charge in [-0.1, -0.05) is 6.07 Å². The van der Waals surface area contributed by atoms with Crippen LogP contribution in [0.25, 0.3) is 0 Å². The van der Waals surface area contributed by atoms with Crippen LogP contribution in [-0.2, 0) is 11.3 Å². The monoisotopic (exact) mass is 267 g/mol. The number of nitrogens with one attached hydrogen (secondary N) is 1. The van der Waals surface area contributed by atoms with Gasteiger partial charge in [-0.05, 0) is 25.5 Å². The number of ether oxygens (including phenoxy) is 1. The average molecular weight is 267 g/mol. The molecule has 0 atom stereocenters. The minimum absolute atomic E-state index is 0.00861. The van der Waals surface area contributed by atoms with Crippen molar-refractivity contribution in [3.63, 3.8) is 0 Å². The Balaban J connectivity index is 2.77. The second-order valence-electron chi connectivity index (χ2n) is 4.27. The highest BCUT2D eigenvalue weighted by Crippen LogP contribution is 2.27. The quantitative estimate of drug-likeness (QED) is 0.589. The van der Waals surface area contributed by atoms with Crippen LogP contribution in [0.5, 0.6) is 5.75 Å². The molecule has 0 saturated heterocycles. The fourth-order valence-electron chi connectivity index (χ4n) is 1.46. The Labute approximate surface area is 110 Å². The number of amides is 1. The number of hydrogen-bond acceptors (Lipinski definition) is 5. The van der Waals surface area contributed by atoms with E-state index in [4.69, 9.17) is 10.5 Å². The second-order valence-corrected chi connectivity index (χ2v) is 4.27. The maximum atomic E-state index is 11.4. The summed E-state index contributed by atoms with van der Waals surface area (Å²) in [6, 6.07) is 4.41. The molecule has 0 aliphatic carbocycles. The first-order chi connectivity index (χ1) is 8.93. The van der Waals surface area contributed by atoms with Crippen molar-refractivity contribution in [2.24, 2.45) is 5.73 Å². The van der Waals surface area contributed by atoms with Crippen molar-refractivity contribution >= 4 is 11.6 Å². The first-order valence-corrected chi connectivity index (χ1v) is 5.83. The van der Waals surface area contributed by atoms with Crippen LogP contribution in [0.2, 0.25) is 0 Å². The molecular formula is C12H17N3O4. The molecule has 0 saturated carbocycles. The lowest BCUT2D eigenvalue weighted by molar-refractivity contribution is -0.385. The first kappa shape index (κ1) is 14.9. The van der Waals surface area contributed by atoms with Crippen LogP contribution in [-0.4, -0.2) is 23.5 Å². The molecule has 1 aromatic rings. The third-order valence-corrected chi connectivity index (χ3v) is 2.26. The number of benzene rings is 1. The Kier molecular flexibility index (Phi) is 5.25. The molecule has 0 radical (unpaired) electrons. The van der Waals surface area contributed by atoms with Crippen LogP contribution in [0.1, 0.15) is 19.4 Å². The summed E-state index contributed by atoms with van der Waals surface area (Å²) in [5.74, 6) is -0.270. The summed E-state index contributed by atoms with van der Waals surface area (Å²) in [5, 5.41) is 13.5. The summed E-state index contributed by atoms with van der Waals surface area (Å²) in [5.41, 5.74) is 5.85. The minimum Gasteiger partial charge on any atom is -0.477 e. The summed E-state index contributed by atoms with van der Waals surface area (Å²) in [6.45, 7) is 3.57. The summed E-state index contributed by atoms with van der Waals surface area (Å²) in [6.07, 6.45) is 0. The topological polar surface area (TPSA) is 107 Å². The number of hydrogen-bond donors (Lipinski definition) is 2. The zero-order valence-corrected chi connectivity index (χ0v) is 10.9. The van der Waals surface area contributed by atoms with E-state index in [0.29, 0.717) is 5.56 Å². The molecule has 0 fully saturated rings. The van der Waals surface area contributed by atoms with Crippen molar-refractivity contribution in [3.8, 4) is 5.75 Å². The summed E-state index contributed by atoms with van der Waals surface area (Å²) in [4.78, 5) is 21.7. The first-order valence-electron chi connectivity index (χ1n) is 5.83. The second kappa shape index (κ2) is 6.69. The molecule has 1 amide bonds. The van der Waals surface area contributed by atoms with Gasteiger partial charge in [-0.15, -0.1) is 0 Å². The molecule has 7 heteroatoms. The molecule has 0 unspecified atom stereocenters. The molecule has 1 rings (SSSR count). The molecule has 0 aliphatic rings. The van der Waals surface area contributed by atoms with Crippen LogP contribution >= 0.6 is 0 Å². The van der Waals surface area contributed by atoms with E-state index in [2.05, 4.69) is 5.32 Å². The van der Waals surface area contributed by atoms with E-state index in [0.717, 1.165) is 0 Å². The largest absolute Gasteiger partial charge is 0.477 e. The fourth-order valence-corrected chi connectivity index (χ4v) is 1.46. The van der Waals surface area contributed by atoms with Crippen molar-refractivity contribution in [1.82, 2.24) is 5.32 Å². The predicted octanol–water partition coefficient (Wildman–Crippen LogP) is 0.957. The van der Waals surface area contributed by atoms with Crippen LogP contribution < -0.4 is 15.8 Å². The number of rotatable bonds is 6. The lowest BCUT2D eigenvalue weighted by Crippen LogP contribution is -2.34. The molecular weight excluding hydrogens is 250 g/mol. The van der Waals surface area contributed by atoms with E-state index in [1.165, 1.54) is 12.1 Å². The van der Waals surface area contributed by atoms with Gasteiger partial charge in [0, 0.05) is 18.7 Å². The van der Waals surface area contributed by atoms with Crippen LogP contribution in [0.4, 0.5) is 5.69 Å². The highest BCUT2D eigenvalue weighted by atomic mass is 16.6. The summed E-state index contributed by atoms with van der Waals surface area (Å²) < 4.78 is 5.17. The van der Waals surface area contributed by atoms with Gasteiger partial charge in [0.15, 0.2) is 12.4 Å². The lowest BCUT2D eigenvalue weighted by atomic mass is 10.2. The van der Waals surface area contributed by atoms with Crippen LogP contribution in [0, 0.1) is 10.1 Å². The van der Waals surface area contributed by atoms with E-state index in [-0.39, 0.29) is 36.5 Å². The molecule has 7 nitrogen and oxygen atoms in total. The molecule has 19 heavy (non-hydrogen) atoms. The number of carbonyl (C=O) groups excluding carboxylic acids is 1. The van der Waals surface area contributed by atoms with Gasteiger partial charge < -0.3 is 15.8 Å². The highest BCUT2D eigenvalue weighted by Gasteiger charge is 2.16. The van der Waals surface area contributed by atoms with Gasteiger partial charge >= 0.3 is 5.69 Å². The minimum atomic E-state index is -0.561. The van der Waals surface area contributed by atoms with Gasteiger partial charge in [0.25, 0.3) is 5.91 Å². The van der Waals surface area contributed by atoms with Crippen molar-refractivity contribution in [3.05, 3.63) is 33.9 Å². The number of nitro benzene ring substituents is 1. The summed E-state index contributed by atoms with van der Waals surface area (Å²) >= 11 is 0. The van der Waals surface area contributed by atoms with E-state index in [1.54, 1.807) is 6.07 Å². The Morgan fingerprint density at radius 2 is 2.21 bits per heavy atom. The summed E-state index contributed by atoms with van der Waals surface area (Å²) in [7, 11) is 0. The van der Waals surface area contributed by atoms with Crippen molar-refractivity contribution in [2.75, 3.05) is 6.61 Å². The molecule has 0 spiro atoms. The SMILES string of the molecule is CC(C)NC(=O)COc1ccc(CN)cc1[N+](=O)[O-]. The molecule has 104 valence electrons. The molecule has 1 aromatic carbocycles. The van der Waals surface area contributed by atoms with Gasteiger partial charge in [-0.2, -0.15) is 0 Å². The zero-order chi connectivity index (χ0) is 14.4. The van der Waals surface area contributed by atoms with Gasteiger partial charge in [0.05, 0.1) is 4.92 Å². The maximum Gasteiger partial charge on any atom is 0.311 e. The van der Waals surface area contributed by atoms with Crippen molar-refractivity contribution in [2.45, 2.75) is 26.4 Å². The third kappa shape index (κ3) is 4.55. The maximum absolute atomic E-state index is 11.4. The van der Waals surface area contributed by atoms with Gasteiger partial charge in [-0.3, -0.25) is 14.9 Å². The van der Waals surface area contributed by atoms with E-state index < -0.39 is 4.92 Å². The number of nitro groups is 1. The molecule has 0 heterocycles. The standard InChI is InChI=1S/C12H17N3O4/c1-8(2)14-12(16)7-19-11-4-3-9(6-13)5-10(11)15(17)18/h3-5,8H,6-7,13H2,1-2H3,(H,14,16). The highest BCUT2D eigenvalue weighted by molar-refractivity contribution is 5.77. The number of nitrogens with zero attached hydrogens (tertiary/aromatic N) is 1. The van der Waals surface area contributed by atoms with Crippen molar-refractivity contribution < 1.29 is 14.5 Å². The predicted molar refractivity (Wildman–Crippen MR) is 69.8 cm³/mol. The van der Waals surface area contributed by atoms with Crippen LogP contribution in [0.15, 0.2) is 18.2 Å². The smallest absolute Gasteiger partial charge is 0.311 e. The van der Waals surface area contributed by atoms with E-state index >= 15 is 0 Å². The fraction of sp³-hybridized carbons (Fsp3) is 0.417. The molecule has 3 N–H and O–H groups in total. The Morgan fingerprint density at radius 1 is 1.53 bits per heavy atom. The Morgan fingerprint density at radius 3 is 2.74 bits per heavy atom. The Bertz CT molecular complexity index is 474. The van der Waals surface area contributed by atoms with Gasteiger partial charge in [0.1, 0.15) is 0 Å². The van der Waals surface area contributed by atoms with Gasteiger partial charge in [-0.25, -0.2) is 0 Å².